The number of nitrogens with zero attached hydrogens (tertiary/aromatic N) is 2. The fourth-order valence-electron chi connectivity index (χ4n) is 2.04. The molecule has 19 heavy (non-hydrogen) atoms. The van der Waals surface area contributed by atoms with Gasteiger partial charge < -0.3 is 10.7 Å². The van der Waals surface area contributed by atoms with Crippen LogP contribution in [-0.2, 0) is 0 Å². The summed E-state index contributed by atoms with van der Waals surface area (Å²) >= 11 is 0. The first-order chi connectivity index (χ1) is 9.15. The van der Waals surface area contributed by atoms with E-state index < -0.39 is 5.91 Å². The average Bonchev–Trinajstić information content (AvgIpc) is 2.85. The molecule has 2 heterocycles. The summed E-state index contributed by atoms with van der Waals surface area (Å²) in [5.41, 5.74) is 8.16. The van der Waals surface area contributed by atoms with Crippen LogP contribution < -0.4 is 5.73 Å². The number of aromatic nitrogens is 3. The third-order valence-corrected chi connectivity index (χ3v) is 3.06. The van der Waals surface area contributed by atoms with Gasteiger partial charge in [0.15, 0.2) is 5.82 Å². The van der Waals surface area contributed by atoms with E-state index in [9.17, 15) is 4.79 Å². The van der Waals surface area contributed by atoms with Crippen LogP contribution in [0.1, 0.15) is 16.1 Å². The van der Waals surface area contributed by atoms with Crippen molar-refractivity contribution in [2.75, 3.05) is 0 Å². The number of rotatable bonds is 2. The van der Waals surface area contributed by atoms with E-state index in [-0.39, 0.29) is 0 Å². The fraction of sp³-hybridized carbons (Fsp3) is 0.0714. The van der Waals surface area contributed by atoms with E-state index in [0.29, 0.717) is 17.1 Å². The molecule has 0 spiro atoms. The predicted molar refractivity (Wildman–Crippen MR) is 72.6 cm³/mol. The molecule has 1 amide bonds. The molecule has 0 aliphatic carbocycles. The zero-order chi connectivity index (χ0) is 13.4. The number of aromatic amines is 1. The number of aryl methyl sites for hydroxylation is 1. The van der Waals surface area contributed by atoms with Gasteiger partial charge in [-0.25, -0.2) is 9.97 Å². The monoisotopic (exact) mass is 252 g/mol. The van der Waals surface area contributed by atoms with Crippen LogP contribution in [-0.4, -0.2) is 20.9 Å². The molecule has 0 aliphatic rings. The molecule has 0 saturated heterocycles. The molecule has 0 aliphatic heterocycles. The van der Waals surface area contributed by atoms with Gasteiger partial charge in [-0.3, -0.25) is 4.79 Å². The Morgan fingerprint density at radius 1 is 1.32 bits per heavy atom. The quantitative estimate of drug-likeness (QED) is 0.731. The highest BCUT2D eigenvalue weighted by Gasteiger charge is 2.09. The fourth-order valence-corrected chi connectivity index (χ4v) is 2.04. The Bertz CT molecular complexity index is 776. The molecular formula is C14H12N4O. The van der Waals surface area contributed by atoms with Gasteiger partial charge in [-0.1, -0.05) is 0 Å². The van der Waals surface area contributed by atoms with E-state index in [4.69, 9.17) is 5.73 Å². The molecule has 94 valence electrons. The lowest BCUT2D eigenvalue weighted by molar-refractivity contribution is 0.0999. The standard InChI is InChI=1S/C14H12N4O/c1-8-11(13(15)19)7-17-14(18-8)10-2-3-12-9(6-10)4-5-16-12/h2-7,16H,1H3,(H2,15,19). The van der Waals surface area contributed by atoms with Crippen molar-refractivity contribution in [3.05, 3.63) is 47.9 Å². The number of benzene rings is 1. The summed E-state index contributed by atoms with van der Waals surface area (Å²) in [5, 5.41) is 1.10. The van der Waals surface area contributed by atoms with Gasteiger partial charge in [0.25, 0.3) is 5.91 Å². The van der Waals surface area contributed by atoms with E-state index in [1.54, 1.807) is 6.92 Å². The highest BCUT2D eigenvalue weighted by Crippen LogP contribution is 2.21. The largest absolute Gasteiger partial charge is 0.365 e. The number of primary amides is 1. The second kappa shape index (κ2) is 4.20. The van der Waals surface area contributed by atoms with E-state index in [1.165, 1.54) is 6.20 Å². The molecule has 2 aromatic heterocycles. The zero-order valence-corrected chi connectivity index (χ0v) is 10.3. The van der Waals surface area contributed by atoms with E-state index in [2.05, 4.69) is 15.0 Å². The van der Waals surface area contributed by atoms with Gasteiger partial charge in [0.2, 0.25) is 0 Å². The Labute approximate surface area is 109 Å². The van der Waals surface area contributed by atoms with Crippen LogP contribution in [0, 0.1) is 6.92 Å². The van der Waals surface area contributed by atoms with Crippen LogP contribution in [0.25, 0.3) is 22.3 Å². The Morgan fingerprint density at radius 2 is 2.16 bits per heavy atom. The van der Waals surface area contributed by atoms with Gasteiger partial charge in [0, 0.05) is 28.9 Å². The summed E-state index contributed by atoms with van der Waals surface area (Å²) in [5.74, 6) is 0.0794. The summed E-state index contributed by atoms with van der Waals surface area (Å²) < 4.78 is 0. The summed E-state index contributed by atoms with van der Waals surface area (Å²) in [6, 6.07) is 7.91. The zero-order valence-electron chi connectivity index (χ0n) is 10.3. The average molecular weight is 252 g/mol. The van der Waals surface area contributed by atoms with Crippen molar-refractivity contribution >= 4 is 16.8 Å². The number of carbonyl (C=O) groups excluding carboxylic acids is 1. The molecule has 0 unspecified atom stereocenters. The summed E-state index contributed by atoms with van der Waals surface area (Å²) in [6.07, 6.45) is 3.36. The van der Waals surface area contributed by atoms with Crippen molar-refractivity contribution in [1.82, 2.24) is 15.0 Å². The van der Waals surface area contributed by atoms with Gasteiger partial charge in [-0.2, -0.15) is 0 Å². The first-order valence-electron chi connectivity index (χ1n) is 5.86. The lowest BCUT2D eigenvalue weighted by Gasteiger charge is -2.04. The molecular weight excluding hydrogens is 240 g/mol. The van der Waals surface area contributed by atoms with Gasteiger partial charge >= 0.3 is 0 Å². The molecule has 0 atom stereocenters. The maximum atomic E-state index is 11.1. The molecule has 0 radical (unpaired) electrons. The lowest BCUT2D eigenvalue weighted by atomic mass is 10.1. The number of hydrogen-bond donors (Lipinski definition) is 2. The number of fused-ring (bicyclic) bond motifs is 1. The second-order valence-corrected chi connectivity index (χ2v) is 4.34. The van der Waals surface area contributed by atoms with Crippen molar-refractivity contribution in [3.63, 3.8) is 0 Å². The van der Waals surface area contributed by atoms with Crippen LogP contribution in [0.15, 0.2) is 36.7 Å². The lowest BCUT2D eigenvalue weighted by Crippen LogP contribution is -2.14. The van der Waals surface area contributed by atoms with Crippen molar-refractivity contribution in [2.24, 2.45) is 5.73 Å². The molecule has 3 rings (SSSR count). The topological polar surface area (TPSA) is 84.7 Å². The minimum atomic E-state index is -0.509. The molecule has 0 fully saturated rings. The second-order valence-electron chi connectivity index (χ2n) is 4.34. The maximum absolute atomic E-state index is 11.1. The minimum absolute atomic E-state index is 0.353. The Kier molecular flexibility index (Phi) is 2.52. The summed E-state index contributed by atoms with van der Waals surface area (Å²) in [7, 11) is 0. The molecule has 5 heteroatoms. The van der Waals surface area contributed by atoms with E-state index in [1.807, 2.05) is 30.5 Å². The highest BCUT2D eigenvalue weighted by molar-refractivity contribution is 5.93. The number of H-pyrrole nitrogens is 1. The number of hydrogen-bond acceptors (Lipinski definition) is 3. The molecule has 1 aromatic carbocycles. The number of nitrogens with two attached hydrogens (primary N) is 1. The van der Waals surface area contributed by atoms with Crippen LogP contribution >= 0.6 is 0 Å². The Balaban J connectivity index is 2.10. The van der Waals surface area contributed by atoms with E-state index in [0.717, 1.165) is 16.5 Å². The van der Waals surface area contributed by atoms with Crippen LogP contribution in [0.3, 0.4) is 0 Å². The van der Waals surface area contributed by atoms with Gasteiger partial charge in [0.1, 0.15) is 0 Å². The molecule has 3 N–H and O–H groups in total. The first kappa shape index (κ1) is 11.4. The highest BCUT2D eigenvalue weighted by atomic mass is 16.1. The van der Waals surface area contributed by atoms with E-state index >= 15 is 0 Å². The maximum Gasteiger partial charge on any atom is 0.252 e. The third-order valence-electron chi connectivity index (χ3n) is 3.06. The van der Waals surface area contributed by atoms with Crippen LogP contribution in [0.5, 0.6) is 0 Å². The Morgan fingerprint density at radius 3 is 2.89 bits per heavy atom. The molecule has 5 nitrogen and oxygen atoms in total. The normalized spacial score (nSPS) is 10.8. The van der Waals surface area contributed by atoms with Crippen molar-refractivity contribution in [1.29, 1.82) is 0 Å². The van der Waals surface area contributed by atoms with Gasteiger partial charge in [-0.15, -0.1) is 0 Å². The van der Waals surface area contributed by atoms with Gasteiger partial charge in [0.05, 0.1) is 11.3 Å². The summed E-state index contributed by atoms with van der Waals surface area (Å²) in [6.45, 7) is 1.75. The molecule has 0 saturated carbocycles. The van der Waals surface area contributed by atoms with Crippen LogP contribution in [0.2, 0.25) is 0 Å². The number of amides is 1. The SMILES string of the molecule is Cc1nc(-c2ccc3[nH]ccc3c2)ncc1C(N)=O. The predicted octanol–water partition coefficient (Wildman–Crippen LogP) is 2.03. The van der Waals surface area contributed by atoms with Crippen molar-refractivity contribution in [3.8, 4) is 11.4 Å². The first-order valence-corrected chi connectivity index (χ1v) is 5.86. The van der Waals surface area contributed by atoms with Crippen LogP contribution in [0.4, 0.5) is 0 Å². The smallest absolute Gasteiger partial charge is 0.252 e. The third kappa shape index (κ3) is 1.95. The summed E-state index contributed by atoms with van der Waals surface area (Å²) in [4.78, 5) is 22.8. The number of carbonyl (C=O) groups is 1. The molecule has 0 bridgehead atoms. The van der Waals surface area contributed by atoms with Gasteiger partial charge in [-0.05, 0) is 31.2 Å². The Hall–Kier alpha value is -2.69. The van der Waals surface area contributed by atoms with Crippen molar-refractivity contribution in [2.45, 2.75) is 6.92 Å². The number of nitrogens with one attached hydrogen (secondary N) is 1. The van der Waals surface area contributed by atoms with Crippen molar-refractivity contribution < 1.29 is 4.79 Å². The minimum Gasteiger partial charge on any atom is -0.365 e. The molecule has 3 aromatic rings.